The van der Waals surface area contributed by atoms with E-state index < -0.39 is 0 Å². The van der Waals surface area contributed by atoms with Crippen LogP contribution in [0.1, 0.15) is 0 Å². The van der Waals surface area contributed by atoms with Crippen molar-refractivity contribution in [3.05, 3.63) is 504 Å². The van der Waals surface area contributed by atoms with Gasteiger partial charge in [0.15, 0.2) is 52.4 Å². The van der Waals surface area contributed by atoms with Gasteiger partial charge in [-0.1, -0.05) is 425 Å². The van der Waals surface area contributed by atoms with Gasteiger partial charge >= 0.3 is 0 Å². The van der Waals surface area contributed by atoms with Gasteiger partial charge in [-0.05, 0) is 189 Å². The molecule has 0 saturated carbocycles. The van der Waals surface area contributed by atoms with Gasteiger partial charge in [0.2, 0.25) is 0 Å². The number of rotatable bonds is 15. The quantitative estimate of drug-likeness (QED) is 0.0959. The van der Waals surface area contributed by atoms with E-state index in [1.807, 2.05) is 133 Å². The van der Waals surface area contributed by atoms with Crippen LogP contribution < -0.4 is 0 Å². The van der Waals surface area contributed by atoms with E-state index in [2.05, 4.69) is 370 Å². The lowest BCUT2D eigenvalue weighted by molar-refractivity contribution is 0.668. The molecule has 0 atom stereocenters. The fourth-order valence-corrected chi connectivity index (χ4v) is 20.1. The van der Waals surface area contributed by atoms with E-state index in [1.165, 1.54) is 22.1 Å². The van der Waals surface area contributed by atoms with Crippen LogP contribution in [0.25, 0.3) is 278 Å². The highest BCUT2D eigenvalue weighted by atomic mass is 16.3. The minimum atomic E-state index is 0.612. The molecule has 0 unspecified atom stereocenters. The van der Waals surface area contributed by atoms with Crippen LogP contribution in [0.3, 0.4) is 0 Å². The number of benzene rings is 22. The number of para-hydroxylation sites is 3. The Morgan fingerprint density at radius 1 is 0.110 bits per heavy atom. The molecule has 0 aliphatic heterocycles. The van der Waals surface area contributed by atoms with Gasteiger partial charge in [-0.3, -0.25) is 0 Å². The SMILES string of the molecule is c1ccc(-c2ccc(-c3nc(-c4ccc(-c5ccccc5)cc4)nc(-c4cc(-c5cccc6oc7ccccc7c56)c5ccccc5c4)n3)cc2)cc1.c1ccc(-c2ccc(-c3nc(-c4ccccc4)nc(-c4cc(-c5cccc6oc7ccccc7c56)c5ccccc5c4)n3)cc2)cc1.c1ccc(-c2nc(-c3ccc4ccccc4c3)nc(-c3cc(-c4cccc5oc6ccccc6c45)c4ccccc4c3)n2)cc1. The standard InChI is InChI=1S/C49H31N3O.C43H27N3O.C41H25N3O/c1-3-12-32(13-4-1)34-22-26-36(27-23-34)47-50-48(37-28-24-35(25-29-37)33-14-5-2-6-15-33)52-49(51-47)39-30-38-16-7-8-17-40(38)43(31-39)41-19-11-21-45-46(41)42-18-9-10-20-44(42)53-45;1-3-12-28(13-4-1)29-22-24-31(25-23-29)42-44-41(30-14-5-2-6-15-30)45-43(46-42)33-26-32-16-7-8-17-34(32)37(27-33)35-19-11-21-39-40(35)36-18-9-10-20-38(36)47-39;1-2-12-27(13-3-1)39-42-40(30-22-21-26-11-4-5-14-28(26)23-30)44-41(43-39)31-24-29-15-6-7-16-32(29)35(25-31)33-18-10-20-37-38(33)34-17-8-9-19-36(34)45-37/h1-31H;1-27H;1-25H. The maximum atomic E-state index is 6.31. The highest BCUT2D eigenvalue weighted by Crippen LogP contribution is 2.47. The molecule has 0 radical (unpaired) electrons. The number of fused-ring (bicyclic) bond motifs is 13. The topological polar surface area (TPSA) is 155 Å². The maximum absolute atomic E-state index is 6.31. The Balaban J connectivity index is 0.000000111. The Bertz CT molecular complexity index is 9710. The van der Waals surface area contributed by atoms with Crippen molar-refractivity contribution in [2.45, 2.75) is 0 Å². The third-order valence-corrected chi connectivity index (χ3v) is 27.2. The molecule has 6 heterocycles. The third-order valence-electron chi connectivity index (χ3n) is 27.2. The molecule has 0 saturated heterocycles. The van der Waals surface area contributed by atoms with Gasteiger partial charge in [-0.2, -0.15) is 0 Å². The first kappa shape index (κ1) is 85.7. The Kier molecular flexibility index (Phi) is 22.0. The molecule has 6 aromatic heterocycles. The van der Waals surface area contributed by atoms with Gasteiger partial charge in [-0.25, -0.2) is 44.9 Å². The Morgan fingerprint density at radius 3 is 0.614 bits per heavy atom. The van der Waals surface area contributed by atoms with E-state index in [4.69, 9.17) is 58.1 Å². The molecule has 28 rings (SSSR count). The van der Waals surface area contributed by atoms with Crippen LogP contribution in [-0.4, -0.2) is 44.9 Å². The van der Waals surface area contributed by atoms with Crippen LogP contribution in [0, 0.1) is 0 Å². The van der Waals surface area contributed by atoms with Gasteiger partial charge < -0.3 is 13.3 Å². The summed E-state index contributed by atoms with van der Waals surface area (Å²) in [6.45, 7) is 0. The van der Waals surface area contributed by atoms with Gasteiger partial charge in [0.05, 0.1) is 0 Å². The summed E-state index contributed by atoms with van der Waals surface area (Å²) in [5.41, 5.74) is 27.2. The first-order chi connectivity index (χ1) is 71.8. The molecular formula is C133H83N9O3. The second-order valence-corrected chi connectivity index (χ2v) is 36.1. The van der Waals surface area contributed by atoms with Crippen LogP contribution in [0.5, 0.6) is 0 Å². The average Bonchev–Trinajstić information content (AvgIpc) is 1.64. The predicted molar refractivity (Wildman–Crippen MR) is 593 cm³/mol. The normalized spacial score (nSPS) is 11.4. The van der Waals surface area contributed by atoms with E-state index in [0.717, 1.165) is 204 Å². The van der Waals surface area contributed by atoms with Crippen molar-refractivity contribution >= 4 is 109 Å². The summed E-state index contributed by atoms with van der Waals surface area (Å²) in [5, 5.41) is 15.7. The summed E-state index contributed by atoms with van der Waals surface area (Å²) in [6, 6.07) is 174. The highest BCUT2D eigenvalue weighted by Gasteiger charge is 2.25. The molecule has 0 bridgehead atoms. The molecule has 678 valence electrons. The zero-order valence-electron chi connectivity index (χ0n) is 78.2. The first-order valence-corrected chi connectivity index (χ1v) is 48.5. The average molecular weight is 1860 g/mol. The Morgan fingerprint density at radius 2 is 0.310 bits per heavy atom. The van der Waals surface area contributed by atoms with Gasteiger partial charge in [0.1, 0.15) is 33.5 Å². The monoisotopic (exact) mass is 1850 g/mol. The van der Waals surface area contributed by atoms with Crippen molar-refractivity contribution in [1.82, 2.24) is 44.9 Å². The summed E-state index contributed by atoms with van der Waals surface area (Å²) >= 11 is 0. The summed E-state index contributed by atoms with van der Waals surface area (Å²) in [5.74, 6) is 5.65. The zero-order valence-corrected chi connectivity index (χ0v) is 78.2. The van der Waals surface area contributed by atoms with Crippen molar-refractivity contribution in [1.29, 1.82) is 0 Å². The lowest BCUT2D eigenvalue weighted by atomic mass is 9.92. The summed E-state index contributed by atoms with van der Waals surface area (Å²) < 4.78 is 18.9. The summed E-state index contributed by atoms with van der Waals surface area (Å²) in [7, 11) is 0. The van der Waals surface area contributed by atoms with Crippen molar-refractivity contribution < 1.29 is 13.3 Å². The molecule has 22 aromatic carbocycles. The number of nitrogens with zero attached hydrogens (tertiary/aromatic N) is 9. The lowest BCUT2D eigenvalue weighted by Crippen LogP contribution is -2.00. The van der Waals surface area contributed by atoms with E-state index in [-0.39, 0.29) is 0 Å². The minimum absolute atomic E-state index is 0.612. The van der Waals surface area contributed by atoms with Gasteiger partial charge in [0.25, 0.3) is 0 Å². The summed E-state index contributed by atoms with van der Waals surface area (Å²) in [4.78, 5) is 45.7. The van der Waals surface area contributed by atoms with Crippen molar-refractivity contribution in [2.75, 3.05) is 0 Å². The smallest absolute Gasteiger partial charge is 0.164 e. The molecule has 0 amide bonds. The van der Waals surface area contributed by atoms with E-state index in [0.29, 0.717) is 52.4 Å². The van der Waals surface area contributed by atoms with Crippen LogP contribution in [0.2, 0.25) is 0 Å². The van der Waals surface area contributed by atoms with E-state index >= 15 is 0 Å². The molecule has 0 fully saturated rings. The molecule has 12 nitrogen and oxygen atoms in total. The van der Waals surface area contributed by atoms with E-state index in [1.54, 1.807) is 0 Å². The molecule has 0 N–H and O–H groups in total. The largest absolute Gasteiger partial charge is 0.456 e. The van der Waals surface area contributed by atoms with Gasteiger partial charge in [0, 0.05) is 82.4 Å². The zero-order chi connectivity index (χ0) is 96.0. The first-order valence-electron chi connectivity index (χ1n) is 48.5. The molecule has 0 aliphatic rings. The molecule has 0 spiro atoms. The highest BCUT2D eigenvalue weighted by molar-refractivity contribution is 6.19. The second kappa shape index (κ2) is 37.2. The Labute approximate surface area is 834 Å². The number of hydrogen-bond donors (Lipinski definition) is 0. The number of furan rings is 3. The molecule has 145 heavy (non-hydrogen) atoms. The number of hydrogen-bond acceptors (Lipinski definition) is 12. The van der Waals surface area contributed by atoms with Crippen molar-refractivity contribution in [3.63, 3.8) is 0 Å². The fraction of sp³-hybridized carbons (Fsp3) is 0. The Hall–Kier alpha value is -19.7. The minimum Gasteiger partial charge on any atom is -0.456 e. The second-order valence-electron chi connectivity index (χ2n) is 36.1. The molecule has 0 aliphatic carbocycles. The van der Waals surface area contributed by atoms with Crippen LogP contribution in [-0.2, 0) is 0 Å². The number of aromatic nitrogens is 9. The van der Waals surface area contributed by atoms with Gasteiger partial charge in [-0.15, -0.1) is 0 Å². The summed E-state index contributed by atoms with van der Waals surface area (Å²) in [6.07, 6.45) is 0. The molecular weight excluding hydrogens is 1770 g/mol. The third kappa shape index (κ3) is 16.6. The van der Waals surface area contributed by atoms with Crippen molar-refractivity contribution in [2.24, 2.45) is 0 Å². The fourth-order valence-electron chi connectivity index (χ4n) is 20.1. The van der Waals surface area contributed by atoms with E-state index in [9.17, 15) is 0 Å². The maximum Gasteiger partial charge on any atom is 0.164 e. The van der Waals surface area contributed by atoms with Crippen LogP contribution >= 0.6 is 0 Å². The van der Waals surface area contributed by atoms with Crippen molar-refractivity contribution in [3.8, 4) is 169 Å². The van der Waals surface area contributed by atoms with Crippen LogP contribution in [0.15, 0.2) is 517 Å². The van der Waals surface area contributed by atoms with Crippen LogP contribution in [0.4, 0.5) is 0 Å². The predicted octanol–water partition coefficient (Wildman–Crippen LogP) is 34.9. The molecule has 12 heteroatoms. The lowest BCUT2D eigenvalue weighted by Gasteiger charge is -2.13. The molecule has 28 aromatic rings.